The average molecular weight is 442 g/mol. The third kappa shape index (κ3) is 5.16. The fourth-order valence-corrected chi connectivity index (χ4v) is 4.19. The van der Waals surface area contributed by atoms with E-state index in [1.807, 2.05) is 0 Å². The van der Waals surface area contributed by atoms with Gasteiger partial charge in [0.25, 0.3) is 11.5 Å². The summed E-state index contributed by atoms with van der Waals surface area (Å²) in [5.74, 6) is 0.0111. The highest BCUT2D eigenvalue weighted by atomic mass is 32.2. The van der Waals surface area contributed by atoms with Crippen molar-refractivity contribution in [1.29, 1.82) is 0 Å². The van der Waals surface area contributed by atoms with Crippen molar-refractivity contribution in [3.05, 3.63) is 70.1 Å². The molecule has 0 unspecified atom stereocenters. The fourth-order valence-electron chi connectivity index (χ4n) is 2.96. The molecule has 0 saturated heterocycles. The number of aryl methyl sites for hydroxylation is 1. The molecule has 1 amide bonds. The van der Waals surface area contributed by atoms with Crippen molar-refractivity contribution in [3.8, 4) is 17.1 Å². The lowest BCUT2D eigenvalue weighted by atomic mass is 10.1. The van der Waals surface area contributed by atoms with Crippen LogP contribution in [0, 0.1) is 6.92 Å². The van der Waals surface area contributed by atoms with Crippen LogP contribution in [-0.2, 0) is 10.0 Å². The first-order valence-corrected chi connectivity index (χ1v) is 10.9. The minimum Gasteiger partial charge on any atom is -0.495 e. The van der Waals surface area contributed by atoms with Gasteiger partial charge in [-0.2, -0.15) is 0 Å². The maximum absolute atomic E-state index is 12.8. The zero-order valence-corrected chi connectivity index (χ0v) is 18.0. The van der Waals surface area contributed by atoms with E-state index in [1.54, 1.807) is 38.1 Å². The number of nitrogens with zero attached hydrogens (tertiary/aromatic N) is 1. The number of anilines is 1. The van der Waals surface area contributed by atoms with Gasteiger partial charge in [-0.25, -0.2) is 18.1 Å². The summed E-state index contributed by atoms with van der Waals surface area (Å²) in [5, 5.41) is 2.73. The van der Waals surface area contributed by atoms with Crippen LogP contribution in [0.5, 0.6) is 5.75 Å². The average Bonchev–Trinajstić information content (AvgIpc) is 2.72. The SMILES string of the molecule is CCNS(=O)(=O)c1cc(C(=O)Nc2cccc(-c3nc(C)cc(=O)[nH]3)c2)ccc1OC. The van der Waals surface area contributed by atoms with Crippen LogP contribution in [0.15, 0.2) is 58.2 Å². The number of aromatic nitrogens is 2. The third-order valence-electron chi connectivity index (χ3n) is 4.31. The molecule has 3 rings (SSSR count). The second-order valence-electron chi connectivity index (χ2n) is 6.64. The molecule has 1 heterocycles. The molecule has 0 aliphatic heterocycles. The normalized spacial score (nSPS) is 11.2. The zero-order chi connectivity index (χ0) is 22.6. The molecule has 0 fully saturated rings. The molecule has 3 N–H and O–H groups in total. The van der Waals surface area contributed by atoms with E-state index >= 15 is 0 Å². The smallest absolute Gasteiger partial charge is 0.255 e. The number of aromatic amines is 1. The molecule has 0 spiro atoms. The molecular weight excluding hydrogens is 420 g/mol. The molecule has 3 aromatic rings. The molecule has 0 radical (unpaired) electrons. The van der Waals surface area contributed by atoms with Gasteiger partial charge in [-0.3, -0.25) is 9.59 Å². The van der Waals surface area contributed by atoms with Crippen molar-refractivity contribution in [3.63, 3.8) is 0 Å². The van der Waals surface area contributed by atoms with Gasteiger partial charge in [0.1, 0.15) is 16.5 Å². The molecule has 9 nitrogen and oxygen atoms in total. The summed E-state index contributed by atoms with van der Waals surface area (Å²) in [4.78, 5) is 31.3. The van der Waals surface area contributed by atoms with Gasteiger partial charge in [0.15, 0.2) is 0 Å². The van der Waals surface area contributed by atoms with Gasteiger partial charge in [-0.1, -0.05) is 19.1 Å². The van der Waals surface area contributed by atoms with Crippen molar-refractivity contribution in [2.24, 2.45) is 0 Å². The largest absolute Gasteiger partial charge is 0.495 e. The first kappa shape index (κ1) is 22.2. The van der Waals surface area contributed by atoms with E-state index in [1.165, 1.54) is 31.4 Å². The van der Waals surface area contributed by atoms with Gasteiger partial charge < -0.3 is 15.0 Å². The number of nitrogens with one attached hydrogen (secondary N) is 3. The molecule has 10 heteroatoms. The van der Waals surface area contributed by atoms with Crippen LogP contribution >= 0.6 is 0 Å². The summed E-state index contributed by atoms with van der Waals surface area (Å²) in [5.41, 5.74) is 1.51. The first-order valence-electron chi connectivity index (χ1n) is 9.41. The number of benzene rings is 2. The molecule has 0 saturated carbocycles. The van der Waals surface area contributed by atoms with E-state index in [2.05, 4.69) is 20.0 Å². The summed E-state index contributed by atoms with van der Waals surface area (Å²) in [6.07, 6.45) is 0. The quantitative estimate of drug-likeness (QED) is 0.515. The zero-order valence-electron chi connectivity index (χ0n) is 17.2. The summed E-state index contributed by atoms with van der Waals surface area (Å²) in [6, 6.07) is 12.3. The van der Waals surface area contributed by atoms with Crippen molar-refractivity contribution < 1.29 is 17.9 Å². The van der Waals surface area contributed by atoms with E-state index in [0.29, 0.717) is 22.8 Å². The van der Waals surface area contributed by atoms with Crippen LogP contribution in [0.2, 0.25) is 0 Å². The van der Waals surface area contributed by atoms with Crippen LogP contribution in [0.4, 0.5) is 5.69 Å². The Morgan fingerprint density at radius 1 is 1.16 bits per heavy atom. The standard InChI is InChI=1S/C21H22N4O5S/c1-4-22-31(28,29)18-12-15(8-9-17(18)30-3)21(27)24-16-7-5-6-14(11-16)20-23-13(2)10-19(26)25-20/h5-12,22H,4H2,1-3H3,(H,24,27)(H,23,25,26). The molecule has 0 atom stereocenters. The van der Waals surface area contributed by atoms with E-state index in [9.17, 15) is 18.0 Å². The van der Waals surface area contributed by atoms with Gasteiger partial charge in [-0.05, 0) is 37.3 Å². The highest BCUT2D eigenvalue weighted by molar-refractivity contribution is 7.89. The molecule has 162 valence electrons. The predicted molar refractivity (Wildman–Crippen MR) is 117 cm³/mol. The Hall–Kier alpha value is -3.50. The second-order valence-corrected chi connectivity index (χ2v) is 8.37. The molecule has 2 aromatic carbocycles. The van der Waals surface area contributed by atoms with Crippen LogP contribution < -0.4 is 20.3 Å². The molecule has 0 bridgehead atoms. The summed E-state index contributed by atoms with van der Waals surface area (Å²) >= 11 is 0. The Kier molecular flexibility index (Phi) is 6.52. The molecule has 31 heavy (non-hydrogen) atoms. The minimum atomic E-state index is -3.83. The highest BCUT2D eigenvalue weighted by Crippen LogP contribution is 2.26. The lowest BCUT2D eigenvalue weighted by Crippen LogP contribution is -2.24. The summed E-state index contributed by atoms with van der Waals surface area (Å²) in [6.45, 7) is 3.57. The second kappa shape index (κ2) is 9.11. The number of ether oxygens (including phenoxy) is 1. The number of hydrogen-bond acceptors (Lipinski definition) is 6. The Balaban J connectivity index is 1.91. The Morgan fingerprint density at radius 2 is 1.94 bits per heavy atom. The Bertz CT molecular complexity index is 1280. The van der Waals surface area contributed by atoms with Crippen LogP contribution in [0.1, 0.15) is 23.0 Å². The van der Waals surface area contributed by atoms with E-state index in [0.717, 1.165) is 0 Å². The number of methoxy groups -OCH3 is 1. The van der Waals surface area contributed by atoms with E-state index < -0.39 is 15.9 Å². The maximum Gasteiger partial charge on any atom is 0.255 e. The number of carbonyl (C=O) groups excluding carboxylic acids is 1. The number of amides is 1. The van der Waals surface area contributed by atoms with Crippen molar-refractivity contribution >= 4 is 21.6 Å². The number of rotatable bonds is 7. The summed E-state index contributed by atoms with van der Waals surface area (Å²) in [7, 11) is -2.47. The van der Waals surface area contributed by atoms with Crippen molar-refractivity contribution in [2.45, 2.75) is 18.7 Å². The van der Waals surface area contributed by atoms with E-state index in [4.69, 9.17) is 4.74 Å². The maximum atomic E-state index is 12.8. The van der Waals surface area contributed by atoms with E-state index in [-0.39, 0.29) is 28.3 Å². The Morgan fingerprint density at radius 3 is 2.61 bits per heavy atom. The number of carbonyl (C=O) groups is 1. The minimum absolute atomic E-state index is 0.125. The van der Waals surface area contributed by atoms with Crippen LogP contribution in [0.3, 0.4) is 0 Å². The van der Waals surface area contributed by atoms with Crippen LogP contribution in [0.25, 0.3) is 11.4 Å². The number of sulfonamides is 1. The first-order chi connectivity index (χ1) is 14.7. The Labute approximate surface area is 179 Å². The van der Waals surface area contributed by atoms with Crippen molar-refractivity contribution in [1.82, 2.24) is 14.7 Å². The third-order valence-corrected chi connectivity index (χ3v) is 5.88. The topological polar surface area (TPSA) is 130 Å². The predicted octanol–water partition coefficient (Wildman–Crippen LogP) is 2.30. The highest BCUT2D eigenvalue weighted by Gasteiger charge is 2.21. The molecule has 0 aliphatic carbocycles. The monoisotopic (exact) mass is 442 g/mol. The van der Waals surface area contributed by atoms with Gasteiger partial charge in [0, 0.05) is 35.1 Å². The summed E-state index contributed by atoms with van der Waals surface area (Å²) < 4.78 is 32.4. The number of hydrogen-bond donors (Lipinski definition) is 3. The van der Waals surface area contributed by atoms with Gasteiger partial charge in [0.2, 0.25) is 10.0 Å². The van der Waals surface area contributed by atoms with Gasteiger partial charge in [0.05, 0.1) is 7.11 Å². The molecule has 1 aromatic heterocycles. The number of H-pyrrole nitrogens is 1. The lowest BCUT2D eigenvalue weighted by molar-refractivity contribution is 0.102. The fraction of sp³-hybridized carbons (Fsp3) is 0.190. The van der Waals surface area contributed by atoms with Crippen molar-refractivity contribution in [2.75, 3.05) is 19.0 Å². The van der Waals surface area contributed by atoms with Gasteiger partial charge >= 0.3 is 0 Å². The molecular formula is C21H22N4O5S. The van der Waals surface area contributed by atoms with Crippen LogP contribution in [-0.4, -0.2) is 37.9 Å². The van der Waals surface area contributed by atoms with Gasteiger partial charge in [-0.15, -0.1) is 0 Å². The lowest BCUT2D eigenvalue weighted by Gasteiger charge is -2.12. The molecule has 0 aliphatic rings.